The van der Waals surface area contributed by atoms with E-state index in [1.165, 1.54) is 0 Å². The normalized spacial score (nSPS) is 11.9. The van der Waals surface area contributed by atoms with Gasteiger partial charge in [0.1, 0.15) is 5.75 Å². The molecule has 15 heavy (non-hydrogen) atoms. The molecule has 0 heterocycles. The van der Waals surface area contributed by atoms with Crippen LogP contribution in [0.2, 0.25) is 0 Å². The number of carbonyl (C=O) groups excluding carboxylic acids is 1. The predicted molar refractivity (Wildman–Crippen MR) is 57.9 cm³/mol. The van der Waals surface area contributed by atoms with E-state index in [1.54, 1.807) is 38.3 Å². The van der Waals surface area contributed by atoms with Gasteiger partial charge in [-0.25, -0.2) is 0 Å². The highest BCUT2D eigenvalue weighted by atomic mass is 16.5. The number of carbonyl (C=O) groups is 1. The van der Waals surface area contributed by atoms with E-state index in [0.29, 0.717) is 11.4 Å². The van der Waals surface area contributed by atoms with E-state index in [4.69, 9.17) is 9.84 Å². The number of ether oxygens (including phenoxy) is 1. The first kappa shape index (κ1) is 11.5. The van der Waals surface area contributed by atoms with Gasteiger partial charge in [-0.3, -0.25) is 4.79 Å². The van der Waals surface area contributed by atoms with Crippen LogP contribution in [0.4, 0.5) is 5.69 Å². The molecule has 0 fully saturated rings. The topological polar surface area (TPSA) is 58.6 Å². The highest BCUT2D eigenvalue weighted by molar-refractivity contribution is 5.91. The highest BCUT2D eigenvalue weighted by Gasteiger charge is 2.06. The van der Waals surface area contributed by atoms with Crippen LogP contribution in [0.25, 0.3) is 0 Å². The second-order valence-electron chi connectivity index (χ2n) is 3.33. The van der Waals surface area contributed by atoms with E-state index in [0.717, 1.165) is 0 Å². The molecule has 1 amide bonds. The van der Waals surface area contributed by atoms with Gasteiger partial charge < -0.3 is 15.2 Å². The first-order valence-electron chi connectivity index (χ1n) is 4.74. The third-order valence-corrected chi connectivity index (χ3v) is 1.83. The van der Waals surface area contributed by atoms with Gasteiger partial charge in [0.25, 0.3) is 0 Å². The summed E-state index contributed by atoms with van der Waals surface area (Å²) in [5, 5.41) is 11.7. The second kappa shape index (κ2) is 5.36. The average Bonchev–Trinajstić information content (AvgIpc) is 2.16. The number of benzene rings is 1. The molecule has 1 rings (SSSR count). The molecular formula is C11H15NO3. The van der Waals surface area contributed by atoms with Gasteiger partial charge in [-0.1, -0.05) is 6.07 Å². The molecule has 1 unspecified atom stereocenters. The molecule has 0 saturated carbocycles. The summed E-state index contributed by atoms with van der Waals surface area (Å²) in [6, 6.07) is 7.07. The molecule has 0 bridgehead atoms. The fourth-order valence-electron chi connectivity index (χ4n) is 1.18. The summed E-state index contributed by atoms with van der Waals surface area (Å²) in [5.41, 5.74) is 0.667. The molecule has 0 aliphatic heterocycles. The lowest BCUT2D eigenvalue weighted by Gasteiger charge is -2.07. The lowest BCUT2D eigenvalue weighted by atomic mass is 10.2. The zero-order valence-electron chi connectivity index (χ0n) is 8.86. The van der Waals surface area contributed by atoms with Gasteiger partial charge in [-0.05, 0) is 19.1 Å². The first-order valence-corrected chi connectivity index (χ1v) is 4.74. The summed E-state index contributed by atoms with van der Waals surface area (Å²) in [6.07, 6.45) is -0.535. The molecular weight excluding hydrogens is 194 g/mol. The molecule has 0 saturated heterocycles. The molecule has 4 heteroatoms. The third kappa shape index (κ3) is 3.99. The van der Waals surface area contributed by atoms with Gasteiger partial charge in [-0.15, -0.1) is 0 Å². The predicted octanol–water partition coefficient (Wildman–Crippen LogP) is 1.40. The molecule has 1 aromatic carbocycles. The summed E-state index contributed by atoms with van der Waals surface area (Å²) < 4.78 is 5.02. The van der Waals surface area contributed by atoms with Crippen molar-refractivity contribution in [1.82, 2.24) is 0 Å². The number of methoxy groups -OCH3 is 1. The number of aliphatic hydroxyl groups excluding tert-OH is 1. The van der Waals surface area contributed by atoms with Gasteiger partial charge in [-0.2, -0.15) is 0 Å². The molecule has 1 atom stereocenters. The minimum Gasteiger partial charge on any atom is -0.497 e. The lowest BCUT2D eigenvalue weighted by Crippen LogP contribution is -2.17. The van der Waals surface area contributed by atoms with E-state index < -0.39 is 6.10 Å². The van der Waals surface area contributed by atoms with Crippen molar-refractivity contribution < 1.29 is 14.6 Å². The first-order chi connectivity index (χ1) is 7.11. The van der Waals surface area contributed by atoms with Crippen LogP contribution in [0.1, 0.15) is 13.3 Å². The van der Waals surface area contributed by atoms with Gasteiger partial charge in [0.2, 0.25) is 5.91 Å². The fraction of sp³-hybridized carbons (Fsp3) is 0.364. The lowest BCUT2D eigenvalue weighted by molar-refractivity contribution is -0.117. The van der Waals surface area contributed by atoms with Crippen molar-refractivity contribution in [1.29, 1.82) is 0 Å². The largest absolute Gasteiger partial charge is 0.497 e. The van der Waals surface area contributed by atoms with Crippen LogP contribution in [0.15, 0.2) is 24.3 Å². The summed E-state index contributed by atoms with van der Waals surface area (Å²) in [5.74, 6) is 0.475. The molecule has 0 spiro atoms. The maximum Gasteiger partial charge on any atom is 0.226 e. The monoisotopic (exact) mass is 209 g/mol. The van der Waals surface area contributed by atoms with Crippen LogP contribution in [0.5, 0.6) is 5.75 Å². The molecule has 0 aliphatic rings. The number of anilines is 1. The average molecular weight is 209 g/mol. The van der Waals surface area contributed by atoms with E-state index in [1.807, 2.05) is 0 Å². The molecule has 0 aliphatic carbocycles. The van der Waals surface area contributed by atoms with E-state index >= 15 is 0 Å². The second-order valence-corrected chi connectivity index (χ2v) is 3.33. The van der Waals surface area contributed by atoms with Gasteiger partial charge >= 0.3 is 0 Å². The van der Waals surface area contributed by atoms with Gasteiger partial charge in [0.05, 0.1) is 19.6 Å². The summed E-state index contributed by atoms with van der Waals surface area (Å²) in [6.45, 7) is 1.57. The SMILES string of the molecule is COc1cccc(NC(=O)CC(C)O)c1. The minimum atomic E-state index is -0.629. The van der Waals surface area contributed by atoms with Crippen molar-refractivity contribution in [3.8, 4) is 5.75 Å². The van der Waals surface area contributed by atoms with Crippen molar-refractivity contribution in [3.63, 3.8) is 0 Å². The van der Waals surface area contributed by atoms with E-state index in [2.05, 4.69) is 5.32 Å². The van der Waals surface area contributed by atoms with Crippen molar-refractivity contribution in [2.75, 3.05) is 12.4 Å². The van der Waals surface area contributed by atoms with Crippen LogP contribution in [0.3, 0.4) is 0 Å². The zero-order chi connectivity index (χ0) is 11.3. The molecule has 82 valence electrons. The number of nitrogens with one attached hydrogen (secondary N) is 1. The number of hydrogen-bond acceptors (Lipinski definition) is 3. The molecule has 0 aromatic heterocycles. The molecule has 4 nitrogen and oxygen atoms in total. The molecule has 1 aromatic rings. The number of rotatable bonds is 4. The number of aliphatic hydroxyl groups is 1. The Labute approximate surface area is 88.9 Å². The fourth-order valence-corrected chi connectivity index (χ4v) is 1.18. The minimum absolute atomic E-state index is 0.0945. The van der Waals surface area contributed by atoms with Crippen LogP contribution in [-0.4, -0.2) is 24.2 Å². The zero-order valence-corrected chi connectivity index (χ0v) is 8.86. The Morgan fingerprint density at radius 3 is 2.93 bits per heavy atom. The van der Waals surface area contributed by atoms with Crippen molar-refractivity contribution in [3.05, 3.63) is 24.3 Å². The maximum absolute atomic E-state index is 11.3. The summed E-state index contributed by atoms with van der Waals surface area (Å²) in [7, 11) is 1.57. The van der Waals surface area contributed by atoms with Crippen LogP contribution in [0, 0.1) is 0 Å². The Kier molecular flexibility index (Phi) is 4.12. The van der Waals surface area contributed by atoms with E-state index in [9.17, 15) is 4.79 Å². The van der Waals surface area contributed by atoms with Crippen LogP contribution >= 0.6 is 0 Å². The Hall–Kier alpha value is -1.55. The number of hydrogen-bond donors (Lipinski definition) is 2. The van der Waals surface area contributed by atoms with Crippen molar-refractivity contribution in [2.45, 2.75) is 19.4 Å². The Morgan fingerprint density at radius 1 is 1.60 bits per heavy atom. The highest BCUT2D eigenvalue weighted by Crippen LogP contribution is 2.16. The molecule has 0 radical (unpaired) electrons. The van der Waals surface area contributed by atoms with Gasteiger partial charge in [0.15, 0.2) is 0 Å². The Balaban J connectivity index is 2.60. The quantitative estimate of drug-likeness (QED) is 0.788. The van der Waals surface area contributed by atoms with Crippen molar-refractivity contribution >= 4 is 11.6 Å². The number of amides is 1. The van der Waals surface area contributed by atoms with Crippen molar-refractivity contribution in [2.24, 2.45) is 0 Å². The maximum atomic E-state index is 11.3. The Bertz CT molecular complexity index is 336. The van der Waals surface area contributed by atoms with E-state index in [-0.39, 0.29) is 12.3 Å². The smallest absolute Gasteiger partial charge is 0.226 e. The third-order valence-electron chi connectivity index (χ3n) is 1.83. The standard InChI is InChI=1S/C11H15NO3/c1-8(13)6-11(14)12-9-4-3-5-10(7-9)15-2/h3-5,7-8,13H,6H2,1-2H3,(H,12,14). The summed E-state index contributed by atoms with van der Waals surface area (Å²) in [4.78, 5) is 11.3. The van der Waals surface area contributed by atoms with Crippen LogP contribution < -0.4 is 10.1 Å². The van der Waals surface area contributed by atoms with Crippen LogP contribution in [-0.2, 0) is 4.79 Å². The Morgan fingerprint density at radius 2 is 2.33 bits per heavy atom. The summed E-state index contributed by atoms with van der Waals surface area (Å²) >= 11 is 0. The van der Waals surface area contributed by atoms with Gasteiger partial charge in [0, 0.05) is 11.8 Å². The molecule has 2 N–H and O–H groups in total.